The van der Waals surface area contributed by atoms with E-state index >= 15 is 0 Å². The molecule has 0 fully saturated rings. The van der Waals surface area contributed by atoms with Crippen molar-refractivity contribution >= 4 is 17.1 Å². The molecule has 1 aromatic heterocycles. The standard InChI is InChI=1S/C11H14N6O3/c1-7-14-10(16-20-7)5-6-13-8-3-2-4-9(15-12)11(8)17(18)19/h2-4,13,15H,5-6,12H2,1H3. The van der Waals surface area contributed by atoms with Gasteiger partial charge in [-0.3, -0.25) is 16.0 Å². The van der Waals surface area contributed by atoms with Crippen molar-refractivity contribution < 1.29 is 9.45 Å². The van der Waals surface area contributed by atoms with Crippen LogP contribution in [0.1, 0.15) is 11.7 Å². The number of hydrazine groups is 1. The number of nitrogens with two attached hydrogens (primary N) is 1. The number of nitrogens with zero attached hydrogens (tertiary/aromatic N) is 3. The lowest BCUT2D eigenvalue weighted by atomic mass is 10.2. The molecule has 0 spiro atoms. The topological polar surface area (TPSA) is 132 Å². The van der Waals surface area contributed by atoms with Gasteiger partial charge in [0, 0.05) is 19.9 Å². The zero-order valence-corrected chi connectivity index (χ0v) is 10.8. The number of aryl methyl sites for hydroxylation is 1. The summed E-state index contributed by atoms with van der Waals surface area (Å²) in [4.78, 5) is 14.6. The summed E-state index contributed by atoms with van der Waals surface area (Å²) in [7, 11) is 0. The second-order valence-corrected chi connectivity index (χ2v) is 4.01. The molecule has 0 bridgehead atoms. The molecule has 0 aliphatic carbocycles. The Bertz CT molecular complexity index is 612. The van der Waals surface area contributed by atoms with E-state index in [0.29, 0.717) is 30.4 Å². The van der Waals surface area contributed by atoms with Crippen molar-refractivity contribution in [3.63, 3.8) is 0 Å². The monoisotopic (exact) mass is 278 g/mol. The predicted molar refractivity (Wildman–Crippen MR) is 72.1 cm³/mol. The van der Waals surface area contributed by atoms with Crippen molar-refractivity contribution in [2.75, 3.05) is 17.3 Å². The second-order valence-electron chi connectivity index (χ2n) is 4.01. The summed E-state index contributed by atoms with van der Waals surface area (Å²) in [5, 5.41) is 17.8. The maximum absolute atomic E-state index is 11.1. The Kier molecular flexibility index (Phi) is 4.11. The molecule has 4 N–H and O–H groups in total. The Balaban J connectivity index is 2.07. The number of nitro groups is 1. The maximum Gasteiger partial charge on any atom is 0.316 e. The Hall–Kier alpha value is -2.68. The zero-order chi connectivity index (χ0) is 14.5. The van der Waals surface area contributed by atoms with E-state index in [0.717, 1.165) is 0 Å². The molecule has 0 amide bonds. The number of nitro benzene ring substituents is 1. The normalized spacial score (nSPS) is 10.3. The fourth-order valence-electron chi connectivity index (χ4n) is 1.75. The van der Waals surface area contributed by atoms with Gasteiger partial charge in [-0.15, -0.1) is 0 Å². The van der Waals surface area contributed by atoms with Gasteiger partial charge in [-0.2, -0.15) is 4.98 Å². The minimum Gasteiger partial charge on any atom is -0.379 e. The molecule has 106 valence electrons. The number of rotatable bonds is 6. The van der Waals surface area contributed by atoms with Crippen molar-refractivity contribution in [3.8, 4) is 0 Å². The summed E-state index contributed by atoms with van der Waals surface area (Å²) in [6.45, 7) is 2.14. The van der Waals surface area contributed by atoms with Crippen molar-refractivity contribution in [3.05, 3.63) is 40.0 Å². The first-order chi connectivity index (χ1) is 9.61. The van der Waals surface area contributed by atoms with E-state index in [1.807, 2.05) is 0 Å². The molecule has 9 nitrogen and oxygen atoms in total. The summed E-state index contributed by atoms with van der Waals surface area (Å²) < 4.78 is 4.84. The van der Waals surface area contributed by atoms with Crippen molar-refractivity contribution in [1.82, 2.24) is 10.1 Å². The van der Waals surface area contributed by atoms with Crippen LogP contribution in [0.5, 0.6) is 0 Å². The van der Waals surface area contributed by atoms with Crippen molar-refractivity contribution in [1.29, 1.82) is 0 Å². The number of hydrogen-bond donors (Lipinski definition) is 3. The third-order valence-corrected chi connectivity index (χ3v) is 2.61. The molecule has 0 aliphatic heterocycles. The van der Waals surface area contributed by atoms with Gasteiger partial charge in [-0.25, -0.2) is 0 Å². The average Bonchev–Trinajstić information content (AvgIpc) is 2.83. The van der Waals surface area contributed by atoms with Crippen molar-refractivity contribution in [2.24, 2.45) is 5.84 Å². The molecular formula is C11H14N6O3. The predicted octanol–water partition coefficient (Wildman–Crippen LogP) is 1.23. The number of hydrogen-bond acceptors (Lipinski definition) is 8. The number of benzene rings is 1. The highest BCUT2D eigenvalue weighted by Gasteiger charge is 2.18. The van der Waals surface area contributed by atoms with Crippen LogP contribution in [-0.4, -0.2) is 21.6 Å². The molecule has 9 heteroatoms. The van der Waals surface area contributed by atoms with Gasteiger partial charge in [0.1, 0.15) is 11.4 Å². The Labute approximate surface area is 114 Å². The van der Waals surface area contributed by atoms with Gasteiger partial charge in [0.2, 0.25) is 5.89 Å². The number of aromatic nitrogens is 2. The first-order valence-electron chi connectivity index (χ1n) is 5.89. The molecule has 0 saturated heterocycles. The van der Waals surface area contributed by atoms with Crippen LogP contribution in [0, 0.1) is 17.0 Å². The molecule has 0 unspecified atom stereocenters. The first kappa shape index (κ1) is 13.7. The minimum atomic E-state index is -0.490. The molecule has 1 aromatic carbocycles. The Morgan fingerprint density at radius 3 is 2.80 bits per heavy atom. The van der Waals surface area contributed by atoms with Crippen LogP contribution in [0.25, 0.3) is 0 Å². The summed E-state index contributed by atoms with van der Waals surface area (Å²) in [6, 6.07) is 4.81. The molecule has 20 heavy (non-hydrogen) atoms. The van der Waals surface area contributed by atoms with E-state index in [1.165, 1.54) is 6.07 Å². The molecule has 0 saturated carbocycles. The highest BCUT2D eigenvalue weighted by Crippen LogP contribution is 2.31. The van der Waals surface area contributed by atoms with E-state index in [2.05, 4.69) is 20.9 Å². The zero-order valence-electron chi connectivity index (χ0n) is 10.8. The highest BCUT2D eigenvalue weighted by molar-refractivity contribution is 5.75. The van der Waals surface area contributed by atoms with Crippen LogP contribution in [0.15, 0.2) is 22.7 Å². The summed E-state index contributed by atoms with van der Waals surface area (Å²) in [5.41, 5.74) is 2.84. The fourth-order valence-corrected chi connectivity index (χ4v) is 1.75. The number of nitrogen functional groups attached to an aromatic ring is 1. The van der Waals surface area contributed by atoms with Gasteiger partial charge >= 0.3 is 5.69 Å². The SMILES string of the molecule is Cc1nc(CCNc2cccc(NN)c2[N+](=O)[O-])no1. The maximum atomic E-state index is 11.1. The van der Waals surface area contributed by atoms with Gasteiger partial charge < -0.3 is 15.3 Å². The lowest BCUT2D eigenvalue weighted by molar-refractivity contribution is -0.383. The number of nitrogens with one attached hydrogen (secondary N) is 2. The largest absolute Gasteiger partial charge is 0.379 e. The van der Waals surface area contributed by atoms with Crippen LogP contribution in [0.2, 0.25) is 0 Å². The Morgan fingerprint density at radius 1 is 1.45 bits per heavy atom. The quantitative estimate of drug-likeness (QED) is 0.408. The van der Waals surface area contributed by atoms with Crippen LogP contribution < -0.4 is 16.6 Å². The Morgan fingerprint density at radius 2 is 2.20 bits per heavy atom. The summed E-state index contributed by atoms with van der Waals surface area (Å²) in [6.07, 6.45) is 0.495. The van der Waals surface area contributed by atoms with E-state index in [9.17, 15) is 10.1 Å². The van der Waals surface area contributed by atoms with Gasteiger partial charge in [-0.1, -0.05) is 11.2 Å². The molecule has 0 atom stereocenters. The smallest absolute Gasteiger partial charge is 0.316 e. The summed E-state index contributed by atoms with van der Waals surface area (Å²) in [5.74, 6) is 6.30. The number of anilines is 2. The van der Waals surface area contributed by atoms with Crippen LogP contribution in [0.4, 0.5) is 17.1 Å². The molecule has 0 aliphatic rings. The van der Waals surface area contributed by atoms with Crippen LogP contribution >= 0.6 is 0 Å². The van der Waals surface area contributed by atoms with Crippen LogP contribution in [0.3, 0.4) is 0 Å². The second kappa shape index (κ2) is 5.97. The lowest BCUT2D eigenvalue weighted by Crippen LogP contribution is -2.12. The van der Waals surface area contributed by atoms with Gasteiger partial charge in [0.25, 0.3) is 0 Å². The van der Waals surface area contributed by atoms with Gasteiger partial charge in [-0.05, 0) is 12.1 Å². The van der Waals surface area contributed by atoms with Gasteiger partial charge in [0.15, 0.2) is 5.82 Å². The minimum absolute atomic E-state index is 0.0979. The first-order valence-corrected chi connectivity index (χ1v) is 5.89. The molecule has 2 rings (SSSR count). The lowest BCUT2D eigenvalue weighted by Gasteiger charge is -2.08. The van der Waals surface area contributed by atoms with E-state index in [1.54, 1.807) is 19.1 Å². The highest BCUT2D eigenvalue weighted by atomic mass is 16.6. The molecule has 2 aromatic rings. The van der Waals surface area contributed by atoms with E-state index in [-0.39, 0.29) is 11.4 Å². The number of para-hydroxylation sites is 1. The molecular weight excluding hydrogens is 264 g/mol. The van der Waals surface area contributed by atoms with Gasteiger partial charge in [0.05, 0.1) is 4.92 Å². The van der Waals surface area contributed by atoms with Crippen molar-refractivity contribution in [2.45, 2.75) is 13.3 Å². The third-order valence-electron chi connectivity index (χ3n) is 2.61. The molecule has 1 heterocycles. The van der Waals surface area contributed by atoms with E-state index in [4.69, 9.17) is 10.4 Å². The van der Waals surface area contributed by atoms with Crippen LogP contribution in [-0.2, 0) is 6.42 Å². The average molecular weight is 278 g/mol. The third kappa shape index (κ3) is 3.01. The fraction of sp³-hybridized carbons (Fsp3) is 0.273. The summed E-state index contributed by atoms with van der Waals surface area (Å²) >= 11 is 0. The molecule has 0 radical (unpaired) electrons. The van der Waals surface area contributed by atoms with E-state index < -0.39 is 4.92 Å².